The highest BCUT2D eigenvalue weighted by molar-refractivity contribution is 5.76. The summed E-state index contributed by atoms with van der Waals surface area (Å²) in [7, 11) is 0. The number of benzene rings is 2. The molecular weight excluding hydrogens is 326 g/mol. The maximum atomic E-state index is 12.3. The number of ether oxygens (including phenoxy) is 2. The Morgan fingerprint density at radius 2 is 1.96 bits per heavy atom. The molecule has 26 heavy (non-hydrogen) atoms. The summed E-state index contributed by atoms with van der Waals surface area (Å²) in [5, 5.41) is 3.15. The van der Waals surface area contributed by atoms with Crippen molar-refractivity contribution in [2.24, 2.45) is 0 Å². The van der Waals surface area contributed by atoms with E-state index in [0.29, 0.717) is 26.1 Å². The van der Waals surface area contributed by atoms with Crippen molar-refractivity contribution >= 4 is 5.91 Å². The highest BCUT2D eigenvalue weighted by Crippen LogP contribution is 2.32. The predicted molar refractivity (Wildman–Crippen MR) is 103 cm³/mol. The van der Waals surface area contributed by atoms with E-state index in [1.807, 2.05) is 44.2 Å². The van der Waals surface area contributed by atoms with Crippen LogP contribution in [0.3, 0.4) is 0 Å². The standard InChI is InChI=1S/C22H27NO3/c1-15-9-10-20-18(14-15)19(11-13-25-20)23-21(24)8-5-12-26-22-16(2)6-4-7-17(22)3/h4,6-7,9-10,14,19H,5,8,11-13H2,1-3H3,(H,23,24). The molecule has 0 aromatic heterocycles. The van der Waals surface area contributed by atoms with Crippen LogP contribution < -0.4 is 14.8 Å². The van der Waals surface area contributed by atoms with E-state index in [2.05, 4.69) is 18.3 Å². The van der Waals surface area contributed by atoms with Crippen molar-refractivity contribution in [1.82, 2.24) is 5.32 Å². The summed E-state index contributed by atoms with van der Waals surface area (Å²) in [6.45, 7) is 7.32. The SMILES string of the molecule is Cc1ccc2c(c1)C(NC(=O)CCCOc1c(C)cccc1C)CCO2. The molecule has 3 rings (SSSR count). The number of rotatable bonds is 6. The molecule has 1 N–H and O–H groups in total. The fourth-order valence-electron chi connectivity index (χ4n) is 3.36. The minimum atomic E-state index is 0.0330. The quantitative estimate of drug-likeness (QED) is 0.783. The molecule has 1 amide bonds. The largest absolute Gasteiger partial charge is 0.493 e. The van der Waals surface area contributed by atoms with E-state index in [9.17, 15) is 4.79 Å². The van der Waals surface area contributed by atoms with Crippen molar-refractivity contribution in [3.05, 3.63) is 58.7 Å². The van der Waals surface area contributed by atoms with Crippen LogP contribution in [0.5, 0.6) is 11.5 Å². The normalized spacial score (nSPS) is 15.7. The van der Waals surface area contributed by atoms with Gasteiger partial charge in [0.1, 0.15) is 11.5 Å². The third-order valence-corrected chi connectivity index (χ3v) is 4.74. The van der Waals surface area contributed by atoms with Crippen molar-refractivity contribution in [3.8, 4) is 11.5 Å². The molecule has 1 aliphatic heterocycles. The molecule has 4 heteroatoms. The molecule has 1 unspecified atom stereocenters. The van der Waals surface area contributed by atoms with E-state index in [1.54, 1.807) is 0 Å². The van der Waals surface area contributed by atoms with Gasteiger partial charge in [-0.05, 0) is 44.4 Å². The average molecular weight is 353 g/mol. The number of carbonyl (C=O) groups is 1. The van der Waals surface area contributed by atoms with E-state index in [1.165, 1.54) is 5.56 Å². The molecule has 1 aliphatic rings. The van der Waals surface area contributed by atoms with Crippen LogP contribution in [0.2, 0.25) is 0 Å². The van der Waals surface area contributed by atoms with E-state index in [0.717, 1.165) is 34.6 Å². The van der Waals surface area contributed by atoms with Crippen LogP contribution in [0.1, 0.15) is 47.6 Å². The molecule has 4 nitrogen and oxygen atoms in total. The summed E-state index contributed by atoms with van der Waals surface area (Å²) in [5.41, 5.74) is 4.51. The van der Waals surface area contributed by atoms with Crippen molar-refractivity contribution in [2.75, 3.05) is 13.2 Å². The van der Waals surface area contributed by atoms with E-state index in [4.69, 9.17) is 9.47 Å². The Balaban J connectivity index is 1.49. The summed E-state index contributed by atoms with van der Waals surface area (Å²) < 4.78 is 11.6. The molecule has 2 aromatic carbocycles. The number of hydrogen-bond donors (Lipinski definition) is 1. The number of amides is 1. The smallest absolute Gasteiger partial charge is 0.220 e. The van der Waals surface area contributed by atoms with Gasteiger partial charge in [0.25, 0.3) is 0 Å². The second-order valence-electron chi connectivity index (χ2n) is 6.97. The van der Waals surface area contributed by atoms with Crippen LogP contribution in [0.15, 0.2) is 36.4 Å². The van der Waals surface area contributed by atoms with Crippen LogP contribution in [0, 0.1) is 20.8 Å². The van der Waals surface area contributed by atoms with Crippen molar-refractivity contribution < 1.29 is 14.3 Å². The van der Waals surface area contributed by atoms with Gasteiger partial charge in [0, 0.05) is 18.4 Å². The summed E-state index contributed by atoms with van der Waals surface area (Å²) >= 11 is 0. The fraction of sp³-hybridized carbons (Fsp3) is 0.409. The topological polar surface area (TPSA) is 47.6 Å². The molecule has 1 heterocycles. The third kappa shape index (κ3) is 4.37. The second-order valence-corrected chi connectivity index (χ2v) is 6.97. The van der Waals surface area contributed by atoms with E-state index >= 15 is 0 Å². The molecule has 0 bridgehead atoms. The molecule has 0 aliphatic carbocycles. The summed E-state index contributed by atoms with van der Waals surface area (Å²) in [6, 6.07) is 12.3. The van der Waals surface area contributed by atoms with Gasteiger partial charge in [-0.3, -0.25) is 4.79 Å². The zero-order valence-electron chi connectivity index (χ0n) is 15.8. The molecule has 0 fully saturated rings. The Hall–Kier alpha value is -2.49. The molecule has 0 saturated heterocycles. The highest BCUT2D eigenvalue weighted by Gasteiger charge is 2.22. The van der Waals surface area contributed by atoms with Crippen LogP contribution in [-0.2, 0) is 4.79 Å². The number of carbonyl (C=O) groups excluding carboxylic acids is 1. The maximum absolute atomic E-state index is 12.3. The van der Waals surface area contributed by atoms with Crippen LogP contribution >= 0.6 is 0 Å². The molecule has 0 radical (unpaired) electrons. The number of nitrogens with one attached hydrogen (secondary N) is 1. The van der Waals surface area contributed by atoms with Gasteiger partial charge < -0.3 is 14.8 Å². The first-order chi connectivity index (χ1) is 12.5. The first-order valence-corrected chi connectivity index (χ1v) is 9.26. The number of fused-ring (bicyclic) bond motifs is 1. The van der Waals surface area contributed by atoms with Crippen LogP contribution in [-0.4, -0.2) is 19.1 Å². The molecule has 2 aromatic rings. The minimum absolute atomic E-state index is 0.0330. The lowest BCUT2D eigenvalue weighted by Crippen LogP contribution is -2.32. The molecule has 0 spiro atoms. The Morgan fingerprint density at radius 3 is 2.73 bits per heavy atom. The lowest BCUT2D eigenvalue weighted by molar-refractivity contribution is -0.122. The van der Waals surface area contributed by atoms with Crippen LogP contribution in [0.4, 0.5) is 0 Å². The lowest BCUT2D eigenvalue weighted by Gasteiger charge is -2.27. The highest BCUT2D eigenvalue weighted by atomic mass is 16.5. The Morgan fingerprint density at radius 1 is 1.19 bits per heavy atom. The first kappa shape index (κ1) is 18.3. The minimum Gasteiger partial charge on any atom is -0.493 e. The zero-order valence-corrected chi connectivity index (χ0v) is 15.8. The number of para-hydroxylation sites is 1. The van der Waals surface area contributed by atoms with Gasteiger partial charge in [-0.1, -0.05) is 35.9 Å². The Kier molecular flexibility index (Phi) is 5.82. The summed E-state index contributed by atoms with van der Waals surface area (Å²) in [5.74, 6) is 1.88. The maximum Gasteiger partial charge on any atom is 0.220 e. The van der Waals surface area contributed by atoms with E-state index in [-0.39, 0.29) is 11.9 Å². The number of aryl methyl sites for hydroxylation is 3. The van der Waals surface area contributed by atoms with Gasteiger partial charge in [-0.2, -0.15) is 0 Å². The van der Waals surface area contributed by atoms with Crippen molar-refractivity contribution in [3.63, 3.8) is 0 Å². The van der Waals surface area contributed by atoms with Gasteiger partial charge in [-0.15, -0.1) is 0 Å². The molecule has 1 atom stereocenters. The lowest BCUT2D eigenvalue weighted by atomic mass is 9.98. The predicted octanol–water partition coefficient (Wildman–Crippen LogP) is 4.41. The van der Waals surface area contributed by atoms with Gasteiger partial charge in [0.05, 0.1) is 19.3 Å². The molecule has 138 valence electrons. The van der Waals surface area contributed by atoms with Crippen molar-refractivity contribution in [1.29, 1.82) is 0 Å². The first-order valence-electron chi connectivity index (χ1n) is 9.26. The monoisotopic (exact) mass is 353 g/mol. The second kappa shape index (κ2) is 8.26. The van der Waals surface area contributed by atoms with Gasteiger partial charge >= 0.3 is 0 Å². The Labute approximate surface area is 155 Å². The van der Waals surface area contributed by atoms with Crippen molar-refractivity contribution in [2.45, 2.75) is 46.1 Å². The van der Waals surface area contributed by atoms with E-state index < -0.39 is 0 Å². The molecule has 0 saturated carbocycles. The Bertz CT molecular complexity index is 765. The summed E-state index contributed by atoms with van der Waals surface area (Å²) in [4.78, 5) is 12.3. The van der Waals surface area contributed by atoms with Crippen LogP contribution in [0.25, 0.3) is 0 Å². The number of hydrogen-bond acceptors (Lipinski definition) is 3. The van der Waals surface area contributed by atoms with Gasteiger partial charge in [0.2, 0.25) is 5.91 Å². The molecular formula is C22H27NO3. The average Bonchev–Trinajstić information content (AvgIpc) is 2.61. The summed E-state index contributed by atoms with van der Waals surface area (Å²) in [6.07, 6.45) is 1.97. The van der Waals surface area contributed by atoms with Gasteiger partial charge in [0.15, 0.2) is 0 Å². The third-order valence-electron chi connectivity index (χ3n) is 4.74. The fourth-order valence-corrected chi connectivity index (χ4v) is 3.36. The zero-order chi connectivity index (χ0) is 18.5. The van der Waals surface area contributed by atoms with Gasteiger partial charge in [-0.25, -0.2) is 0 Å².